The Labute approximate surface area is 119 Å². The predicted octanol–water partition coefficient (Wildman–Crippen LogP) is 2.14. The molecule has 1 aromatic carbocycles. The smallest absolute Gasteiger partial charge is 0.234 e. The van der Waals surface area contributed by atoms with Crippen LogP contribution in [0.3, 0.4) is 0 Å². The van der Waals surface area contributed by atoms with E-state index in [9.17, 15) is 4.79 Å². The summed E-state index contributed by atoms with van der Waals surface area (Å²) in [5, 5.41) is 6.71. The summed E-state index contributed by atoms with van der Waals surface area (Å²) in [6.45, 7) is 4.68. The summed E-state index contributed by atoms with van der Waals surface area (Å²) in [4.78, 5) is 11.7. The van der Waals surface area contributed by atoms with Crippen LogP contribution in [-0.2, 0) is 9.53 Å². The highest BCUT2D eigenvalue weighted by Gasteiger charge is 2.10. The van der Waals surface area contributed by atoms with Crippen molar-refractivity contribution in [2.75, 3.05) is 20.3 Å². The van der Waals surface area contributed by atoms with Gasteiger partial charge < -0.3 is 15.4 Å². The molecule has 0 aliphatic rings. The SMILES string of the molecule is COCC(C)NC(=O)CNC(C)c1cccc(Cl)c1. The van der Waals surface area contributed by atoms with Crippen molar-refractivity contribution in [3.05, 3.63) is 34.9 Å². The number of amides is 1. The van der Waals surface area contributed by atoms with Crippen molar-refractivity contribution in [3.8, 4) is 0 Å². The number of hydrogen-bond donors (Lipinski definition) is 2. The van der Waals surface area contributed by atoms with Crippen LogP contribution in [0.15, 0.2) is 24.3 Å². The highest BCUT2D eigenvalue weighted by molar-refractivity contribution is 6.30. The van der Waals surface area contributed by atoms with E-state index in [-0.39, 0.29) is 24.5 Å². The Hall–Kier alpha value is -1.10. The number of halogens is 1. The maximum atomic E-state index is 11.7. The van der Waals surface area contributed by atoms with Crippen LogP contribution in [0.5, 0.6) is 0 Å². The van der Waals surface area contributed by atoms with Gasteiger partial charge >= 0.3 is 0 Å². The number of nitrogens with one attached hydrogen (secondary N) is 2. The van der Waals surface area contributed by atoms with E-state index < -0.39 is 0 Å². The van der Waals surface area contributed by atoms with Gasteiger partial charge in [0.05, 0.1) is 13.2 Å². The molecule has 0 aromatic heterocycles. The number of ether oxygens (including phenoxy) is 1. The van der Waals surface area contributed by atoms with E-state index in [0.29, 0.717) is 11.6 Å². The highest BCUT2D eigenvalue weighted by atomic mass is 35.5. The Morgan fingerprint density at radius 1 is 1.42 bits per heavy atom. The maximum Gasteiger partial charge on any atom is 0.234 e. The molecule has 2 unspecified atom stereocenters. The van der Waals surface area contributed by atoms with Crippen LogP contribution >= 0.6 is 11.6 Å². The van der Waals surface area contributed by atoms with Gasteiger partial charge in [0.1, 0.15) is 0 Å². The minimum absolute atomic E-state index is 0.0146. The van der Waals surface area contributed by atoms with Gasteiger partial charge in [-0.3, -0.25) is 4.79 Å². The first-order valence-corrected chi connectivity index (χ1v) is 6.68. The van der Waals surface area contributed by atoms with Crippen molar-refractivity contribution in [2.24, 2.45) is 0 Å². The zero-order valence-corrected chi connectivity index (χ0v) is 12.3. The van der Waals surface area contributed by atoms with Crippen molar-refractivity contribution >= 4 is 17.5 Å². The van der Waals surface area contributed by atoms with E-state index in [1.54, 1.807) is 7.11 Å². The summed E-state index contributed by atoms with van der Waals surface area (Å²) in [7, 11) is 1.61. The molecule has 0 bridgehead atoms. The topological polar surface area (TPSA) is 50.4 Å². The van der Waals surface area contributed by atoms with Crippen LogP contribution in [-0.4, -0.2) is 32.2 Å². The lowest BCUT2D eigenvalue weighted by Crippen LogP contribution is -2.41. The van der Waals surface area contributed by atoms with E-state index in [2.05, 4.69) is 10.6 Å². The second-order valence-corrected chi connectivity index (χ2v) is 5.02. The molecule has 19 heavy (non-hydrogen) atoms. The van der Waals surface area contributed by atoms with Gasteiger partial charge in [0, 0.05) is 24.2 Å². The highest BCUT2D eigenvalue weighted by Crippen LogP contribution is 2.16. The average molecular weight is 285 g/mol. The number of rotatable bonds is 7. The third-order valence-electron chi connectivity index (χ3n) is 2.74. The summed E-state index contributed by atoms with van der Waals surface area (Å²) in [5.74, 6) is -0.0431. The lowest BCUT2D eigenvalue weighted by molar-refractivity contribution is -0.121. The predicted molar refractivity (Wildman–Crippen MR) is 77.4 cm³/mol. The fourth-order valence-electron chi connectivity index (χ4n) is 1.76. The molecule has 1 amide bonds. The Morgan fingerprint density at radius 2 is 2.16 bits per heavy atom. The Balaban J connectivity index is 2.37. The molecule has 0 aliphatic carbocycles. The number of methoxy groups -OCH3 is 1. The molecule has 4 nitrogen and oxygen atoms in total. The fourth-order valence-corrected chi connectivity index (χ4v) is 1.96. The van der Waals surface area contributed by atoms with E-state index in [1.165, 1.54) is 0 Å². The van der Waals surface area contributed by atoms with E-state index >= 15 is 0 Å². The molecule has 0 fully saturated rings. The zero-order chi connectivity index (χ0) is 14.3. The standard InChI is InChI=1S/C14H21ClN2O2/c1-10(9-19-3)17-14(18)8-16-11(2)12-5-4-6-13(15)7-12/h4-7,10-11,16H,8-9H2,1-3H3,(H,17,18). The summed E-state index contributed by atoms with van der Waals surface area (Å²) in [6.07, 6.45) is 0. The molecule has 0 aliphatic heterocycles. The molecular formula is C14H21ClN2O2. The maximum absolute atomic E-state index is 11.7. The van der Waals surface area contributed by atoms with Gasteiger partial charge in [0.2, 0.25) is 5.91 Å². The van der Waals surface area contributed by atoms with Gasteiger partial charge in [-0.1, -0.05) is 23.7 Å². The lowest BCUT2D eigenvalue weighted by Gasteiger charge is -2.16. The van der Waals surface area contributed by atoms with Crippen LogP contribution in [0.2, 0.25) is 5.02 Å². The number of carbonyl (C=O) groups is 1. The first-order valence-electron chi connectivity index (χ1n) is 6.30. The van der Waals surface area contributed by atoms with Crippen LogP contribution in [0.25, 0.3) is 0 Å². The first kappa shape index (κ1) is 16.0. The molecule has 2 atom stereocenters. The molecule has 0 saturated heterocycles. The minimum atomic E-state index is -0.0431. The van der Waals surface area contributed by atoms with Crippen molar-refractivity contribution in [3.63, 3.8) is 0 Å². The molecule has 1 rings (SSSR count). The van der Waals surface area contributed by atoms with Crippen molar-refractivity contribution < 1.29 is 9.53 Å². The van der Waals surface area contributed by atoms with Gasteiger partial charge in [-0.25, -0.2) is 0 Å². The second-order valence-electron chi connectivity index (χ2n) is 4.58. The first-order chi connectivity index (χ1) is 9.02. The van der Waals surface area contributed by atoms with Gasteiger partial charge in [-0.2, -0.15) is 0 Å². The minimum Gasteiger partial charge on any atom is -0.383 e. The zero-order valence-electron chi connectivity index (χ0n) is 11.6. The number of hydrogen-bond acceptors (Lipinski definition) is 3. The summed E-state index contributed by atoms with van der Waals surface area (Å²) in [6, 6.07) is 7.69. The summed E-state index contributed by atoms with van der Waals surface area (Å²) in [5.41, 5.74) is 1.06. The Bertz CT molecular complexity index is 412. The van der Waals surface area contributed by atoms with Gasteiger partial charge in [-0.05, 0) is 31.5 Å². The molecule has 1 aromatic rings. The van der Waals surface area contributed by atoms with Crippen LogP contribution < -0.4 is 10.6 Å². The fraction of sp³-hybridized carbons (Fsp3) is 0.500. The Kier molecular flexibility index (Phi) is 6.84. The van der Waals surface area contributed by atoms with E-state index in [0.717, 1.165) is 5.56 Å². The van der Waals surface area contributed by atoms with E-state index in [4.69, 9.17) is 16.3 Å². The second kappa shape index (κ2) is 8.15. The number of benzene rings is 1. The van der Waals surface area contributed by atoms with Crippen LogP contribution in [0.4, 0.5) is 0 Å². The van der Waals surface area contributed by atoms with Crippen LogP contribution in [0, 0.1) is 0 Å². The molecule has 0 heterocycles. The largest absolute Gasteiger partial charge is 0.383 e. The monoisotopic (exact) mass is 284 g/mol. The van der Waals surface area contributed by atoms with Crippen molar-refractivity contribution in [1.82, 2.24) is 10.6 Å². The van der Waals surface area contributed by atoms with Gasteiger partial charge in [-0.15, -0.1) is 0 Å². The van der Waals surface area contributed by atoms with Crippen molar-refractivity contribution in [1.29, 1.82) is 0 Å². The summed E-state index contributed by atoms with van der Waals surface area (Å²) < 4.78 is 4.96. The molecular weight excluding hydrogens is 264 g/mol. The molecule has 5 heteroatoms. The molecule has 0 saturated carbocycles. The third kappa shape index (κ3) is 6.05. The average Bonchev–Trinajstić information content (AvgIpc) is 2.36. The number of carbonyl (C=O) groups excluding carboxylic acids is 1. The molecule has 0 spiro atoms. The van der Waals surface area contributed by atoms with Gasteiger partial charge in [0.25, 0.3) is 0 Å². The van der Waals surface area contributed by atoms with Crippen LogP contribution in [0.1, 0.15) is 25.5 Å². The third-order valence-corrected chi connectivity index (χ3v) is 2.98. The van der Waals surface area contributed by atoms with Gasteiger partial charge in [0.15, 0.2) is 0 Å². The van der Waals surface area contributed by atoms with E-state index in [1.807, 2.05) is 38.1 Å². The molecule has 2 N–H and O–H groups in total. The normalized spacial score (nSPS) is 13.9. The quantitative estimate of drug-likeness (QED) is 0.807. The molecule has 106 valence electrons. The lowest BCUT2D eigenvalue weighted by atomic mass is 10.1. The molecule has 0 radical (unpaired) electrons. The Morgan fingerprint density at radius 3 is 2.79 bits per heavy atom. The van der Waals surface area contributed by atoms with Crippen molar-refractivity contribution in [2.45, 2.75) is 25.9 Å². The summed E-state index contributed by atoms with van der Waals surface area (Å²) >= 11 is 5.93.